The number of nitrogens with zero attached hydrogens (tertiary/aromatic N) is 1. The highest BCUT2D eigenvalue weighted by Crippen LogP contribution is 2.29. The van der Waals surface area contributed by atoms with Crippen molar-refractivity contribution in [1.29, 1.82) is 0 Å². The number of nitrogens with one attached hydrogen (secondary N) is 2. The SMILES string of the molecule is CNc1nc(NCCC(C)(C)C)c(Cl)cc1Cl. The van der Waals surface area contributed by atoms with Gasteiger partial charge in [-0.3, -0.25) is 0 Å². The van der Waals surface area contributed by atoms with Crippen LogP contribution in [-0.4, -0.2) is 18.6 Å². The summed E-state index contributed by atoms with van der Waals surface area (Å²) in [6, 6.07) is 1.70. The molecule has 0 unspecified atom stereocenters. The quantitative estimate of drug-likeness (QED) is 0.861. The maximum atomic E-state index is 6.07. The predicted octanol–water partition coefficient (Wildman–Crippen LogP) is 4.28. The molecule has 0 atom stereocenters. The Kier molecular flexibility index (Phi) is 4.90. The fraction of sp³-hybridized carbons (Fsp3) is 0.583. The van der Waals surface area contributed by atoms with E-state index in [1.54, 1.807) is 13.1 Å². The van der Waals surface area contributed by atoms with E-state index in [1.165, 1.54) is 0 Å². The Balaban J connectivity index is 2.71. The molecule has 1 heterocycles. The third-order valence-electron chi connectivity index (χ3n) is 2.33. The number of hydrogen-bond acceptors (Lipinski definition) is 3. The lowest BCUT2D eigenvalue weighted by Crippen LogP contribution is -2.14. The van der Waals surface area contributed by atoms with Crippen LogP contribution < -0.4 is 10.6 Å². The van der Waals surface area contributed by atoms with Gasteiger partial charge in [0, 0.05) is 13.6 Å². The molecule has 0 aliphatic carbocycles. The Bertz CT molecular complexity index is 386. The lowest BCUT2D eigenvalue weighted by Gasteiger charge is -2.19. The lowest BCUT2D eigenvalue weighted by atomic mass is 9.92. The van der Waals surface area contributed by atoms with Gasteiger partial charge in [-0.15, -0.1) is 0 Å². The van der Waals surface area contributed by atoms with E-state index < -0.39 is 0 Å². The van der Waals surface area contributed by atoms with Gasteiger partial charge >= 0.3 is 0 Å². The average molecular weight is 276 g/mol. The zero-order valence-corrected chi connectivity index (χ0v) is 12.2. The minimum atomic E-state index is 0.289. The Hall–Kier alpha value is -0.670. The van der Waals surface area contributed by atoms with Crippen molar-refractivity contribution in [1.82, 2.24) is 4.98 Å². The van der Waals surface area contributed by atoms with E-state index in [9.17, 15) is 0 Å². The van der Waals surface area contributed by atoms with Crippen LogP contribution in [0.25, 0.3) is 0 Å². The highest BCUT2D eigenvalue weighted by molar-refractivity contribution is 6.37. The predicted molar refractivity (Wildman–Crippen MR) is 76.4 cm³/mol. The molecule has 0 bridgehead atoms. The molecule has 1 rings (SSSR count). The summed E-state index contributed by atoms with van der Waals surface area (Å²) in [5, 5.41) is 7.23. The minimum absolute atomic E-state index is 0.289. The van der Waals surface area contributed by atoms with E-state index >= 15 is 0 Å². The van der Waals surface area contributed by atoms with E-state index in [0.29, 0.717) is 21.7 Å². The van der Waals surface area contributed by atoms with Crippen molar-refractivity contribution < 1.29 is 0 Å². The first-order valence-electron chi connectivity index (χ1n) is 5.61. The zero-order valence-electron chi connectivity index (χ0n) is 10.7. The number of pyridine rings is 1. The van der Waals surface area contributed by atoms with Crippen LogP contribution in [0, 0.1) is 5.41 Å². The van der Waals surface area contributed by atoms with Gasteiger partial charge in [0.1, 0.15) is 11.6 Å². The van der Waals surface area contributed by atoms with Crippen molar-refractivity contribution in [2.45, 2.75) is 27.2 Å². The van der Waals surface area contributed by atoms with Gasteiger partial charge in [0.2, 0.25) is 0 Å². The average Bonchev–Trinajstić information content (AvgIpc) is 2.19. The van der Waals surface area contributed by atoms with E-state index in [1.807, 2.05) is 0 Å². The molecule has 0 saturated heterocycles. The monoisotopic (exact) mass is 275 g/mol. The molecule has 3 nitrogen and oxygen atoms in total. The van der Waals surface area contributed by atoms with Gasteiger partial charge < -0.3 is 10.6 Å². The zero-order chi connectivity index (χ0) is 13.1. The maximum Gasteiger partial charge on any atom is 0.147 e. The minimum Gasteiger partial charge on any atom is -0.372 e. The highest BCUT2D eigenvalue weighted by Gasteiger charge is 2.11. The standard InChI is InChI=1S/C12H19Cl2N3/c1-12(2,3)5-6-16-11-9(14)7-8(13)10(15-4)17-11/h7H,5-6H2,1-4H3,(H2,15,16,17). The summed E-state index contributed by atoms with van der Waals surface area (Å²) in [6.07, 6.45) is 1.04. The Morgan fingerprint density at radius 3 is 2.29 bits per heavy atom. The molecular weight excluding hydrogens is 257 g/mol. The third-order valence-corrected chi connectivity index (χ3v) is 2.91. The number of anilines is 2. The molecule has 17 heavy (non-hydrogen) atoms. The first kappa shape index (κ1) is 14.4. The van der Waals surface area contributed by atoms with E-state index in [2.05, 4.69) is 36.4 Å². The largest absolute Gasteiger partial charge is 0.372 e. The van der Waals surface area contributed by atoms with Crippen LogP contribution in [0.4, 0.5) is 11.6 Å². The van der Waals surface area contributed by atoms with Gasteiger partial charge in [-0.2, -0.15) is 0 Å². The fourth-order valence-corrected chi connectivity index (χ4v) is 1.84. The second-order valence-electron chi connectivity index (χ2n) is 5.14. The summed E-state index contributed by atoms with van der Waals surface area (Å²) < 4.78 is 0. The lowest BCUT2D eigenvalue weighted by molar-refractivity contribution is 0.389. The Morgan fingerprint density at radius 2 is 1.76 bits per heavy atom. The van der Waals surface area contributed by atoms with Crippen molar-refractivity contribution >= 4 is 34.8 Å². The van der Waals surface area contributed by atoms with E-state index in [4.69, 9.17) is 23.2 Å². The number of halogens is 2. The molecule has 0 saturated carbocycles. The smallest absolute Gasteiger partial charge is 0.147 e. The molecule has 5 heteroatoms. The molecule has 96 valence electrons. The Labute approximate surface area is 113 Å². The van der Waals surface area contributed by atoms with Crippen molar-refractivity contribution in [3.63, 3.8) is 0 Å². The van der Waals surface area contributed by atoms with E-state index in [-0.39, 0.29) is 5.41 Å². The van der Waals surface area contributed by atoms with Crippen molar-refractivity contribution in [2.75, 3.05) is 24.2 Å². The summed E-state index contributed by atoms with van der Waals surface area (Å²) in [6.45, 7) is 7.43. The van der Waals surface area contributed by atoms with E-state index in [0.717, 1.165) is 13.0 Å². The second-order valence-corrected chi connectivity index (χ2v) is 5.95. The van der Waals surface area contributed by atoms with Crippen LogP contribution >= 0.6 is 23.2 Å². The van der Waals surface area contributed by atoms with Gasteiger partial charge in [0.25, 0.3) is 0 Å². The molecule has 0 amide bonds. The van der Waals surface area contributed by atoms with Crippen LogP contribution in [0.5, 0.6) is 0 Å². The Morgan fingerprint density at radius 1 is 1.18 bits per heavy atom. The number of hydrogen-bond donors (Lipinski definition) is 2. The summed E-state index contributed by atoms with van der Waals surface area (Å²) in [5.74, 6) is 1.30. The van der Waals surface area contributed by atoms with Crippen LogP contribution in [0.3, 0.4) is 0 Å². The molecule has 0 radical (unpaired) electrons. The van der Waals surface area contributed by atoms with Crippen molar-refractivity contribution in [3.8, 4) is 0 Å². The molecule has 1 aromatic heterocycles. The molecule has 0 aliphatic heterocycles. The normalized spacial score (nSPS) is 11.4. The van der Waals surface area contributed by atoms with Crippen LogP contribution in [0.15, 0.2) is 6.07 Å². The van der Waals surface area contributed by atoms with Crippen molar-refractivity contribution in [2.24, 2.45) is 5.41 Å². The van der Waals surface area contributed by atoms with Crippen LogP contribution in [-0.2, 0) is 0 Å². The molecular formula is C12H19Cl2N3. The highest BCUT2D eigenvalue weighted by atomic mass is 35.5. The summed E-state index contributed by atoms with van der Waals surface area (Å²) in [5.41, 5.74) is 0.289. The maximum absolute atomic E-state index is 6.07. The van der Waals surface area contributed by atoms with Gasteiger partial charge in [-0.1, -0.05) is 44.0 Å². The van der Waals surface area contributed by atoms with Crippen LogP contribution in [0.1, 0.15) is 27.2 Å². The van der Waals surface area contributed by atoms with Gasteiger partial charge in [0.05, 0.1) is 10.0 Å². The molecule has 0 spiro atoms. The number of rotatable bonds is 4. The molecule has 2 N–H and O–H groups in total. The third kappa shape index (κ3) is 4.60. The topological polar surface area (TPSA) is 37.0 Å². The van der Waals surface area contributed by atoms with Crippen LogP contribution in [0.2, 0.25) is 10.0 Å². The first-order chi connectivity index (χ1) is 7.83. The summed E-state index contributed by atoms with van der Waals surface area (Å²) in [7, 11) is 1.78. The molecule has 0 fully saturated rings. The molecule has 0 aromatic carbocycles. The van der Waals surface area contributed by atoms with Gasteiger partial charge in [0.15, 0.2) is 0 Å². The summed E-state index contributed by atoms with van der Waals surface area (Å²) in [4.78, 5) is 4.32. The molecule has 0 aliphatic rings. The first-order valence-corrected chi connectivity index (χ1v) is 6.37. The fourth-order valence-electron chi connectivity index (χ4n) is 1.32. The molecule has 1 aromatic rings. The van der Waals surface area contributed by atoms with Crippen molar-refractivity contribution in [3.05, 3.63) is 16.1 Å². The number of aromatic nitrogens is 1. The second kappa shape index (κ2) is 5.78. The van der Waals surface area contributed by atoms with Gasteiger partial charge in [-0.25, -0.2) is 4.98 Å². The van der Waals surface area contributed by atoms with Gasteiger partial charge in [-0.05, 0) is 17.9 Å². The summed E-state index contributed by atoms with van der Waals surface area (Å²) >= 11 is 12.0.